The summed E-state index contributed by atoms with van der Waals surface area (Å²) in [5.74, 6) is -0.317. The Kier molecular flexibility index (Phi) is 7.17. The van der Waals surface area contributed by atoms with Crippen molar-refractivity contribution in [2.45, 2.75) is 25.0 Å². The SMILES string of the molecule is NS(=O)(=O)OC[C@H]1C[C@@H](Nc2ncncc2C(=O)c2ccn(C=Cc3ccccc3)c2)C[C@@H]1O. The number of aliphatic hydroxyl groups excluding tert-OH is 1. The third-order valence-corrected chi connectivity index (χ3v) is 6.08. The Balaban J connectivity index is 1.44. The number of ketones is 1. The van der Waals surface area contributed by atoms with E-state index in [-0.39, 0.29) is 18.4 Å². The molecule has 0 amide bonds. The van der Waals surface area contributed by atoms with E-state index in [2.05, 4.69) is 19.5 Å². The Morgan fingerprint density at radius 1 is 1.26 bits per heavy atom. The van der Waals surface area contributed by atoms with Crippen LogP contribution in [0.15, 0.2) is 61.3 Å². The minimum atomic E-state index is -4.08. The van der Waals surface area contributed by atoms with Crippen LogP contribution in [0.25, 0.3) is 12.3 Å². The minimum absolute atomic E-state index is 0.211. The number of rotatable bonds is 9. The molecule has 1 aliphatic carbocycles. The van der Waals surface area contributed by atoms with E-state index in [9.17, 15) is 18.3 Å². The average Bonchev–Trinajstić information content (AvgIpc) is 3.43. The van der Waals surface area contributed by atoms with Crippen LogP contribution in [-0.4, -0.2) is 52.6 Å². The standard InChI is InChI=1S/C23H25N5O5S/c24-34(31,32)33-14-18-10-19(11-21(18)29)27-23-20(12-25-15-26-23)22(30)17-7-9-28(13-17)8-6-16-4-2-1-3-5-16/h1-9,12-13,15,18-19,21,29H,10-11,14H2,(H2,24,31,32)(H,25,26,27)/t18-,19-,21+/m1/s1. The normalized spacial score (nSPS) is 20.6. The molecular weight excluding hydrogens is 458 g/mol. The summed E-state index contributed by atoms with van der Waals surface area (Å²) in [6, 6.07) is 11.3. The highest BCUT2D eigenvalue weighted by Gasteiger charge is 2.34. The van der Waals surface area contributed by atoms with Crippen molar-refractivity contribution in [3.05, 3.63) is 78.0 Å². The van der Waals surface area contributed by atoms with Gasteiger partial charge in [0.1, 0.15) is 12.1 Å². The molecule has 1 aromatic carbocycles. The van der Waals surface area contributed by atoms with Gasteiger partial charge in [0.05, 0.1) is 18.3 Å². The van der Waals surface area contributed by atoms with Crippen LogP contribution in [0.3, 0.4) is 0 Å². The van der Waals surface area contributed by atoms with Gasteiger partial charge in [-0.05, 0) is 30.5 Å². The summed E-state index contributed by atoms with van der Waals surface area (Å²) in [7, 11) is -4.08. The molecule has 1 saturated carbocycles. The first kappa shape index (κ1) is 23.8. The van der Waals surface area contributed by atoms with Gasteiger partial charge < -0.3 is 15.0 Å². The molecule has 2 aromatic heterocycles. The molecule has 1 aliphatic rings. The quantitative estimate of drug-likeness (QED) is 0.391. The largest absolute Gasteiger partial charge is 0.393 e. The van der Waals surface area contributed by atoms with Crippen LogP contribution in [0.4, 0.5) is 5.82 Å². The number of anilines is 1. The molecule has 34 heavy (non-hydrogen) atoms. The molecule has 0 spiro atoms. The van der Waals surface area contributed by atoms with E-state index in [1.165, 1.54) is 12.5 Å². The van der Waals surface area contributed by atoms with E-state index in [0.717, 1.165) is 5.56 Å². The fourth-order valence-electron chi connectivity index (χ4n) is 3.92. The third kappa shape index (κ3) is 6.14. The Morgan fingerprint density at radius 2 is 2.06 bits per heavy atom. The van der Waals surface area contributed by atoms with Crippen LogP contribution in [-0.2, 0) is 14.5 Å². The zero-order valence-electron chi connectivity index (χ0n) is 18.2. The van der Waals surface area contributed by atoms with Gasteiger partial charge in [-0.3, -0.25) is 8.98 Å². The molecular formula is C23H25N5O5S. The first-order valence-corrected chi connectivity index (χ1v) is 12.1. The second kappa shape index (κ2) is 10.3. The van der Waals surface area contributed by atoms with Gasteiger partial charge in [-0.2, -0.15) is 8.42 Å². The molecule has 0 unspecified atom stereocenters. The van der Waals surface area contributed by atoms with Gasteiger partial charge in [0, 0.05) is 42.3 Å². The van der Waals surface area contributed by atoms with Crippen LogP contribution in [0.2, 0.25) is 0 Å². The van der Waals surface area contributed by atoms with Gasteiger partial charge in [-0.25, -0.2) is 15.1 Å². The van der Waals surface area contributed by atoms with Gasteiger partial charge in [0.2, 0.25) is 0 Å². The monoisotopic (exact) mass is 483 g/mol. The molecule has 178 valence electrons. The topological polar surface area (TPSA) is 149 Å². The van der Waals surface area contributed by atoms with E-state index in [1.807, 2.05) is 42.6 Å². The second-order valence-corrected chi connectivity index (χ2v) is 9.33. The Labute approximate surface area is 197 Å². The molecule has 3 atom stereocenters. The maximum absolute atomic E-state index is 13.2. The predicted molar refractivity (Wildman–Crippen MR) is 127 cm³/mol. The molecule has 0 saturated heterocycles. The molecule has 4 N–H and O–H groups in total. The summed E-state index contributed by atoms with van der Waals surface area (Å²) in [4.78, 5) is 21.4. The van der Waals surface area contributed by atoms with E-state index in [4.69, 9.17) is 5.14 Å². The van der Waals surface area contributed by atoms with Crippen LogP contribution in [0, 0.1) is 5.92 Å². The average molecular weight is 484 g/mol. The summed E-state index contributed by atoms with van der Waals surface area (Å²) in [6.45, 7) is -0.211. The van der Waals surface area contributed by atoms with Crippen LogP contribution in [0.5, 0.6) is 0 Å². The zero-order valence-corrected chi connectivity index (χ0v) is 19.0. The fraction of sp³-hybridized carbons (Fsp3) is 0.261. The fourth-order valence-corrected chi connectivity index (χ4v) is 4.28. The molecule has 11 heteroatoms. The number of carbonyl (C=O) groups excluding carboxylic acids is 1. The highest BCUT2D eigenvalue weighted by molar-refractivity contribution is 7.84. The number of aromatic nitrogens is 3. The minimum Gasteiger partial charge on any atom is -0.393 e. The number of hydrogen-bond donors (Lipinski definition) is 3. The van der Waals surface area contributed by atoms with Crippen molar-refractivity contribution in [2.24, 2.45) is 11.1 Å². The predicted octanol–water partition coefficient (Wildman–Crippen LogP) is 1.91. The summed E-state index contributed by atoms with van der Waals surface area (Å²) in [5, 5.41) is 18.3. The first-order valence-electron chi connectivity index (χ1n) is 10.7. The number of nitrogens with two attached hydrogens (primary N) is 1. The number of benzene rings is 1. The van der Waals surface area contributed by atoms with E-state index < -0.39 is 22.3 Å². The van der Waals surface area contributed by atoms with Crippen LogP contribution >= 0.6 is 0 Å². The van der Waals surface area contributed by atoms with E-state index in [0.29, 0.717) is 29.8 Å². The Morgan fingerprint density at radius 3 is 2.82 bits per heavy atom. The van der Waals surface area contributed by atoms with Gasteiger partial charge in [0.15, 0.2) is 5.78 Å². The van der Waals surface area contributed by atoms with E-state index >= 15 is 0 Å². The first-order chi connectivity index (χ1) is 16.3. The lowest BCUT2D eigenvalue weighted by Gasteiger charge is -2.15. The van der Waals surface area contributed by atoms with Crippen molar-refractivity contribution in [3.63, 3.8) is 0 Å². The Hall–Kier alpha value is -3.38. The van der Waals surface area contributed by atoms with Crippen molar-refractivity contribution in [2.75, 3.05) is 11.9 Å². The maximum atomic E-state index is 13.2. The smallest absolute Gasteiger partial charge is 0.333 e. The maximum Gasteiger partial charge on any atom is 0.333 e. The Bertz CT molecular complexity index is 1280. The van der Waals surface area contributed by atoms with Crippen molar-refractivity contribution >= 4 is 34.2 Å². The number of hydrogen-bond acceptors (Lipinski definition) is 8. The molecule has 3 aromatic rings. The summed E-state index contributed by atoms with van der Waals surface area (Å²) in [6.07, 6.45) is 10.1. The second-order valence-electron chi connectivity index (χ2n) is 8.11. The molecule has 1 fully saturated rings. The lowest BCUT2D eigenvalue weighted by molar-refractivity contribution is 0.101. The summed E-state index contributed by atoms with van der Waals surface area (Å²) >= 11 is 0. The van der Waals surface area contributed by atoms with E-state index in [1.54, 1.807) is 23.0 Å². The molecule has 0 bridgehead atoms. The molecule has 4 rings (SSSR count). The van der Waals surface area contributed by atoms with Gasteiger partial charge in [-0.15, -0.1) is 0 Å². The highest BCUT2D eigenvalue weighted by Crippen LogP contribution is 2.30. The van der Waals surface area contributed by atoms with Crippen molar-refractivity contribution in [1.29, 1.82) is 0 Å². The van der Waals surface area contributed by atoms with Crippen molar-refractivity contribution in [3.8, 4) is 0 Å². The number of nitrogens with one attached hydrogen (secondary N) is 1. The van der Waals surface area contributed by atoms with Gasteiger partial charge in [0.25, 0.3) is 0 Å². The van der Waals surface area contributed by atoms with Crippen molar-refractivity contribution in [1.82, 2.24) is 14.5 Å². The number of aliphatic hydroxyl groups is 1. The highest BCUT2D eigenvalue weighted by atomic mass is 32.2. The molecule has 2 heterocycles. The number of carbonyl (C=O) groups is 1. The molecule has 0 aliphatic heterocycles. The lowest BCUT2D eigenvalue weighted by atomic mass is 10.1. The zero-order chi connectivity index (χ0) is 24.1. The number of nitrogens with zero attached hydrogens (tertiary/aromatic N) is 3. The van der Waals surface area contributed by atoms with Crippen LogP contribution < -0.4 is 10.5 Å². The van der Waals surface area contributed by atoms with Crippen LogP contribution in [0.1, 0.15) is 34.3 Å². The van der Waals surface area contributed by atoms with Crippen molar-refractivity contribution < 1.29 is 22.5 Å². The summed E-state index contributed by atoms with van der Waals surface area (Å²) < 4.78 is 28.5. The van der Waals surface area contributed by atoms with Gasteiger partial charge in [-0.1, -0.05) is 30.3 Å². The van der Waals surface area contributed by atoms with Gasteiger partial charge >= 0.3 is 10.3 Å². The summed E-state index contributed by atoms with van der Waals surface area (Å²) in [5.41, 5.74) is 1.81. The third-order valence-electron chi connectivity index (χ3n) is 5.62. The lowest BCUT2D eigenvalue weighted by Crippen LogP contribution is -2.24. The molecule has 0 radical (unpaired) electrons. The molecule has 10 nitrogen and oxygen atoms in total.